The largest absolute Gasteiger partial charge is 0.353 e. The smallest absolute Gasteiger partial charge is 0.220 e. The van der Waals surface area contributed by atoms with E-state index in [-0.39, 0.29) is 18.3 Å². The van der Waals surface area contributed by atoms with E-state index in [2.05, 4.69) is 38.3 Å². The second kappa shape index (κ2) is 8.76. The van der Waals surface area contributed by atoms with Crippen LogP contribution in [0.4, 0.5) is 0 Å². The molecule has 0 bridgehead atoms. The predicted octanol–water partition coefficient (Wildman–Crippen LogP) is 2.59. The quantitative estimate of drug-likeness (QED) is 0.810. The predicted molar refractivity (Wildman–Crippen MR) is 79.1 cm³/mol. The van der Waals surface area contributed by atoms with Crippen LogP contribution in [-0.4, -0.2) is 25.0 Å². The first kappa shape index (κ1) is 17.7. The van der Waals surface area contributed by atoms with Gasteiger partial charge in [0.1, 0.15) is 0 Å². The summed E-state index contributed by atoms with van der Waals surface area (Å²) in [6, 6.07) is 0.370. The minimum Gasteiger partial charge on any atom is -0.353 e. The van der Waals surface area contributed by atoms with Crippen molar-refractivity contribution in [3.05, 3.63) is 0 Å². The van der Waals surface area contributed by atoms with Gasteiger partial charge in [-0.3, -0.25) is 4.79 Å². The van der Waals surface area contributed by atoms with Gasteiger partial charge in [-0.05, 0) is 43.7 Å². The van der Waals surface area contributed by atoms with Gasteiger partial charge in [0.25, 0.3) is 0 Å². The average Bonchev–Trinajstić information content (AvgIpc) is 2.19. The molecular formula is C14H29ClN2O. The highest BCUT2D eigenvalue weighted by Gasteiger charge is 2.23. The van der Waals surface area contributed by atoms with Crippen molar-refractivity contribution in [3.8, 4) is 0 Å². The lowest BCUT2D eigenvalue weighted by atomic mass is 9.93. The SMILES string of the molecule is CC(C)CC(C)CC(=O)NC1CCNCC1C.Cl. The second-order valence-corrected chi connectivity index (χ2v) is 6.08. The van der Waals surface area contributed by atoms with Gasteiger partial charge in [-0.15, -0.1) is 12.4 Å². The Kier molecular flexibility index (Phi) is 8.62. The maximum absolute atomic E-state index is 11.9. The van der Waals surface area contributed by atoms with Crippen molar-refractivity contribution in [3.63, 3.8) is 0 Å². The highest BCUT2D eigenvalue weighted by atomic mass is 35.5. The van der Waals surface area contributed by atoms with Crippen LogP contribution in [0, 0.1) is 17.8 Å². The molecule has 1 heterocycles. The summed E-state index contributed by atoms with van der Waals surface area (Å²) in [6.45, 7) is 10.8. The number of hydrogen-bond donors (Lipinski definition) is 2. The second-order valence-electron chi connectivity index (χ2n) is 6.08. The Bertz CT molecular complexity index is 246. The van der Waals surface area contributed by atoms with E-state index in [4.69, 9.17) is 0 Å². The van der Waals surface area contributed by atoms with E-state index < -0.39 is 0 Å². The van der Waals surface area contributed by atoms with E-state index in [0.29, 0.717) is 30.2 Å². The van der Waals surface area contributed by atoms with Crippen molar-refractivity contribution in [1.29, 1.82) is 0 Å². The Morgan fingerprint density at radius 2 is 2.06 bits per heavy atom. The molecule has 1 aliphatic heterocycles. The fraction of sp³-hybridized carbons (Fsp3) is 0.929. The van der Waals surface area contributed by atoms with Crippen LogP contribution in [0.15, 0.2) is 0 Å². The topological polar surface area (TPSA) is 41.1 Å². The molecule has 0 spiro atoms. The molecule has 2 N–H and O–H groups in total. The summed E-state index contributed by atoms with van der Waals surface area (Å²) in [5.41, 5.74) is 0. The number of piperidine rings is 1. The van der Waals surface area contributed by atoms with Crippen LogP contribution in [0.3, 0.4) is 0 Å². The first-order chi connectivity index (χ1) is 7.99. The van der Waals surface area contributed by atoms with Crippen molar-refractivity contribution >= 4 is 18.3 Å². The zero-order chi connectivity index (χ0) is 12.8. The highest BCUT2D eigenvalue weighted by Crippen LogP contribution is 2.16. The number of amides is 1. The van der Waals surface area contributed by atoms with Crippen LogP contribution in [0.2, 0.25) is 0 Å². The zero-order valence-corrected chi connectivity index (χ0v) is 13.0. The zero-order valence-electron chi connectivity index (χ0n) is 12.2. The standard InChI is InChI=1S/C14H28N2O.ClH/c1-10(2)7-11(3)8-14(17)16-13-5-6-15-9-12(13)4;/h10-13,15H,5-9H2,1-4H3,(H,16,17);1H. The maximum atomic E-state index is 11.9. The summed E-state index contributed by atoms with van der Waals surface area (Å²) in [5, 5.41) is 6.55. The molecule has 18 heavy (non-hydrogen) atoms. The molecular weight excluding hydrogens is 248 g/mol. The number of halogens is 1. The van der Waals surface area contributed by atoms with Crippen LogP contribution in [-0.2, 0) is 4.79 Å². The first-order valence-electron chi connectivity index (χ1n) is 6.99. The number of carbonyl (C=O) groups is 1. The first-order valence-corrected chi connectivity index (χ1v) is 6.99. The lowest BCUT2D eigenvalue weighted by Crippen LogP contribution is -2.48. The molecule has 1 saturated heterocycles. The van der Waals surface area contributed by atoms with Crippen molar-refractivity contribution in [2.75, 3.05) is 13.1 Å². The van der Waals surface area contributed by atoms with E-state index in [0.717, 1.165) is 25.9 Å². The van der Waals surface area contributed by atoms with Gasteiger partial charge in [0.15, 0.2) is 0 Å². The third-order valence-electron chi connectivity index (χ3n) is 3.54. The lowest BCUT2D eigenvalue weighted by molar-refractivity contribution is -0.123. The van der Waals surface area contributed by atoms with Crippen LogP contribution in [0.1, 0.15) is 47.0 Å². The number of rotatable bonds is 5. The van der Waals surface area contributed by atoms with E-state index in [1.165, 1.54) is 0 Å². The van der Waals surface area contributed by atoms with Gasteiger partial charge in [0, 0.05) is 12.5 Å². The van der Waals surface area contributed by atoms with E-state index in [1.807, 2.05) is 0 Å². The summed E-state index contributed by atoms with van der Waals surface area (Å²) in [7, 11) is 0. The third-order valence-corrected chi connectivity index (χ3v) is 3.54. The molecule has 1 aliphatic rings. The van der Waals surface area contributed by atoms with Gasteiger partial charge in [-0.2, -0.15) is 0 Å². The number of hydrogen-bond acceptors (Lipinski definition) is 2. The lowest BCUT2D eigenvalue weighted by Gasteiger charge is -2.30. The van der Waals surface area contributed by atoms with Gasteiger partial charge >= 0.3 is 0 Å². The van der Waals surface area contributed by atoms with Gasteiger partial charge in [0.05, 0.1) is 0 Å². The number of nitrogens with one attached hydrogen (secondary N) is 2. The van der Waals surface area contributed by atoms with Gasteiger partial charge in [-0.1, -0.05) is 27.7 Å². The molecule has 3 unspecified atom stereocenters. The molecule has 1 rings (SSSR count). The van der Waals surface area contributed by atoms with Crippen molar-refractivity contribution in [1.82, 2.24) is 10.6 Å². The Balaban J connectivity index is 0.00000289. The molecule has 0 aromatic rings. The normalized spacial score (nSPS) is 25.4. The highest BCUT2D eigenvalue weighted by molar-refractivity contribution is 5.85. The molecule has 0 saturated carbocycles. The van der Waals surface area contributed by atoms with Crippen LogP contribution < -0.4 is 10.6 Å². The third kappa shape index (κ3) is 6.60. The molecule has 4 heteroatoms. The summed E-state index contributed by atoms with van der Waals surface area (Å²) in [6.07, 6.45) is 2.87. The Hall–Kier alpha value is -0.280. The molecule has 0 aliphatic carbocycles. The Morgan fingerprint density at radius 1 is 1.39 bits per heavy atom. The van der Waals surface area contributed by atoms with Crippen molar-refractivity contribution in [2.45, 2.75) is 53.0 Å². The molecule has 0 aromatic heterocycles. The fourth-order valence-electron chi connectivity index (χ4n) is 2.70. The monoisotopic (exact) mass is 276 g/mol. The summed E-state index contributed by atoms with van der Waals surface area (Å²) in [5.74, 6) is 1.95. The van der Waals surface area contributed by atoms with E-state index in [1.54, 1.807) is 0 Å². The minimum atomic E-state index is 0. The van der Waals surface area contributed by atoms with Crippen molar-refractivity contribution < 1.29 is 4.79 Å². The molecule has 3 nitrogen and oxygen atoms in total. The van der Waals surface area contributed by atoms with E-state index in [9.17, 15) is 4.79 Å². The molecule has 1 fully saturated rings. The Labute approximate surface area is 118 Å². The molecule has 0 radical (unpaired) electrons. The van der Waals surface area contributed by atoms with Gasteiger partial charge < -0.3 is 10.6 Å². The van der Waals surface area contributed by atoms with Gasteiger partial charge in [-0.25, -0.2) is 0 Å². The molecule has 1 amide bonds. The van der Waals surface area contributed by atoms with Crippen LogP contribution in [0.25, 0.3) is 0 Å². The average molecular weight is 277 g/mol. The minimum absolute atomic E-state index is 0. The van der Waals surface area contributed by atoms with Gasteiger partial charge in [0.2, 0.25) is 5.91 Å². The maximum Gasteiger partial charge on any atom is 0.220 e. The van der Waals surface area contributed by atoms with Crippen LogP contribution in [0.5, 0.6) is 0 Å². The van der Waals surface area contributed by atoms with E-state index >= 15 is 0 Å². The summed E-state index contributed by atoms with van der Waals surface area (Å²) in [4.78, 5) is 11.9. The summed E-state index contributed by atoms with van der Waals surface area (Å²) >= 11 is 0. The van der Waals surface area contributed by atoms with Crippen LogP contribution >= 0.6 is 12.4 Å². The fourth-order valence-corrected chi connectivity index (χ4v) is 2.70. The molecule has 3 atom stereocenters. The Morgan fingerprint density at radius 3 is 2.61 bits per heavy atom. The molecule has 108 valence electrons. The number of carbonyl (C=O) groups excluding carboxylic acids is 1. The summed E-state index contributed by atoms with van der Waals surface area (Å²) < 4.78 is 0. The molecule has 0 aromatic carbocycles. The van der Waals surface area contributed by atoms with Crippen molar-refractivity contribution in [2.24, 2.45) is 17.8 Å².